The van der Waals surface area contributed by atoms with Crippen molar-refractivity contribution in [1.82, 2.24) is 10.2 Å². The molecule has 0 spiro atoms. The molecule has 5 nitrogen and oxygen atoms in total. The predicted octanol–water partition coefficient (Wildman–Crippen LogP) is 2.81. The van der Waals surface area contributed by atoms with Gasteiger partial charge in [0.15, 0.2) is 18.1 Å². The number of benzene rings is 2. The molecule has 1 saturated heterocycles. The third kappa shape index (κ3) is 4.17. The lowest BCUT2D eigenvalue weighted by atomic mass is 10.0. The summed E-state index contributed by atoms with van der Waals surface area (Å²) in [5.74, 6) is 1.21. The van der Waals surface area contributed by atoms with E-state index in [2.05, 4.69) is 36.5 Å². The number of hydrogen-bond donors (Lipinski definition) is 1. The largest absolute Gasteiger partial charge is 0.493 e. The zero-order valence-electron chi connectivity index (χ0n) is 15.4. The summed E-state index contributed by atoms with van der Waals surface area (Å²) >= 11 is 0. The molecule has 2 aromatic rings. The fraction of sp³-hybridized carbons (Fsp3) is 0.381. The second-order valence-corrected chi connectivity index (χ2v) is 6.34. The Labute approximate surface area is 154 Å². The van der Waals surface area contributed by atoms with Gasteiger partial charge in [-0.15, -0.1) is 0 Å². The van der Waals surface area contributed by atoms with E-state index in [1.54, 1.807) is 7.11 Å². The number of carbonyl (C=O) groups excluding carboxylic acids is 1. The number of nitrogens with zero attached hydrogens (tertiary/aromatic N) is 1. The smallest absolute Gasteiger partial charge is 0.261 e. The highest BCUT2D eigenvalue weighted by Gasteiger charge is 2.28. The maximum Gasteiger partial charge on any atom is 0.261 e. The summed E-state index contributed by atoms with van der Waals surface area (Å²) in [6, 6.07) is 15.9. The first kappa shape index (κ1) is 18.3. The standard InChI is InChI=1S/C21H26N2O3/c1-3-16-8-10-17(11-9-16)18-14-22-12-13-23(18)21(24)15-26-20-7-5-4-6-19(20)25-2/h4-11,18,22H,3,12-15H2,1-2H3. The number of piperazine rings is 1. The van der Waals surface area contributed by atoms with Gasteiger partial charge in [0.25, 0.3) is 5.91 Å². The monoisotopic (exact) mass is 354 g/mol. The summed E-state index contributed by atoms with van der Waals surface area (Å²) in [4.78, 5) is 14.7. The summed E-state index contributed by atoms with van der Waals surface area (Å²) in [7, 11) is 1.59. The molecular weight excluding hydrogens is 328 g/mol. The second kappa shape index (κ2) is 8.72. The van der Waals surface area contributed by atoms with Crippen LogP contribution in [0.3, 0.4) is 0 Å². The van der Waals surface area contributed by atoms with Crippen LogP contribution in [0.15, 0.2) is 48.5 Å². The molecule has 5 heteroatoms. The Balaban J connectivity index is 1.69. The number of methoxy groups -OCH3 is 1. The van der Waals surface area contributed by atoms with Gasteiger partial charge in [0.05, 0.1) is 13.2 Å². The van der Waals surface area contributed by atoms with E-state index >= 15 is 0 Å². The number of rotatable bonds is 6. The Morgan fingerprint density at radius 1 is 1.15 bits per heavy atom. The molecule has 1 amide bonds. The van der Waals surface area contributed by atoms with Crippen molar-refractivity contribution in [3.05, 3.63) is 59.7 Å². The number of hydrogen-bond acceptors (Lipinski definition) is 4. The molecule has 1 aliphatic heterocycles. The van der Waals surface area contributed by atoms with E-state index in [1.807, 2.05) is 29.2 Å². The minimum Gasteiger partial charge on any atom is -0.493 e. The summed E-state index contributed by atoms with van der Waals surface area (Å²) in [5, 5.41) is 3.38. The molecule has 1 fully saturated rings. The quantitative estimate of drug-likeness (QED) is 0.867. The van der Waals surface area contributed by atoms with Crippen LogP contribution in [0.25, 0.3) is 0 Å². The Morgan fingerprint density at radius 2 is 1.88 bits per heavy atom. The van der Waals surface area contributed by atoms with Crippen LogP contribution in [0.2, 0.25) is 0 Å². The number of aryl methyl sites for hydroxylation is 1. The fourth-order valence-corrected chi connectivity index (χ4v) is 3.24. The first-order chi connectivity index (χ1) is 12.7. The van der Waals surface area contributed by atoms with Crippen LogP contribution >= 0.6 is 0 Å². The van der Waals surface area contributed by atoms with Gasteiger partial charge in [0.1, 0.15) is 0 Å². The van der Waals surface area contributed by atoms with E-state index in [4.69, 9.17) is 9.47 Å². The topological polar surface area (TPSA) is 50.8 Å². The van der Waals surface area contributed by atoms with Crippen molar-refractivity contribution in [2.24, 2.45) is 0 Å². The molecule has 3 rings (SSSR count). The molecule has 0 aliphatic carbocycles. The highest BCUT2D eigenvalue weighted by atomic mass is 16.5. The third-order valence-electron chi connectivity index (χ3n) is 4.76. The second-order valence-electron chi connectivity index (χ2n) is 6.34. The highest BCUT2D eigenvalue weighted by Crippen LogP contribution is 2.27. The number of carbonyl (C=O) groups is 1. The van der Waals surface area contributed by atoms with Crippen molar-refractivity contribution in [3.8, 4) is 11.5 Å². The van der Waals surface area contributed by atoms with Gasteiger partial charge < -0.3 is 19.7 Å². The van der Waals surface area contributed by atoms with E-state index in [1.165, 1.54) is 5.56 Å². The molecule has 2 aromatic carbocycles. The lowest BCUT2D eigenvalue weighted by molar-refractivity contribution is -0.136. The number of amides is 1. The van der Waals surface area contributed by atoms with Crippen LogP contribution in [0.5, 0.6) is 11.5 Å². The number of nitrogens with one attached hydrogen (secondary N) is 1. The molecule has 1 unspecified atom stereocenters. The molecule has 1 atom stereocenters. The van der Waals surface area contributed by atoms with E-state index in [-0.39, 0.29) is 18.6 Å². The van der Waals surface area contributed by atoms with Gasteiger partial charge in [-0.3, -0.25) is 4.79 Å². The van der Waals surface area contributed by atoms with Crippen LogP contribution in [0.4, 0.5) is 0 Å². The molecule has 1 aliphatic rings. The molecule has 26 heavy (non-hydrogen) atoms. The lowest BCUT2D eigenvalue weighted by Crippen LogP contribution is -2.50. The zero-order chi connectivity index (χ0) is 18.4. The van der Waals surface area contributed by atoms with Crippen molar-refractivity contribution in [2.75, 3.05) is 33.4 Å². The van der Waals surface area contributed by atoms with E-state index < -0.39 is 0 Å². The van der Waals surface area contributed by atoms with Crippen molar-refractivity contribution in [3.63, 3.8) is 0 Å². The average Bonchev–Trinajstić information content (AvgIpc) is 2.72. The first-order valence-corrected chi connectivity index (χ1v) is 9.07. The average molecular weight is 354 g/mol. The normalized spacial score (nSPS) is 17.0. The number of ether oxygens (including phenoxy) is 2. The first-order valence-electron chi connectivity index (χ1n) is 9.07. The summed E-state index contributed by atoms with van der Waals surface area (Å²) in [6.07, 6.45) is 1.01. The summed E-state index contributed by atoms with van der Waals surface area (Å²) in [6.45, 7) is 4.37. The zero-order valence-corrected chi connectivity index (χ0v) is 15.4. The predicted molar refractivity (Wildman–Crippen MR) is 102 cm³/mol. The van der Waals surface area contributed by atoms with E-state index in [9.17, 15) is 4.79 Å². The van der Waals surface area contributed by atoms with Crippen molar-refractivity contribution in [2.45, 2.75) is 19.4 Å². The van der Waals surface area contributed by atoms with Gasteiger partial charge in [-0.1, -0.05) is 43.3 Å². The molecular formula is C21H26N2O3. The van der Waals surface area contributed by atoms with Gasteiger partial charge in [-0.2, -0.15) is 0 Å². The highest BCUT2D eigenvalue weighted by molar-refractivity contribution is 5.78. The molecule has 1 N–H and O–H groups in total. The Hall–Kier alpha value is -2.53. The van der Waals surface area contributed by atoms with Crippen molar-refractivity contribution >= 4 is 5.91 Å². The number of para-hydroxylation sites is 2. The summed E-state index contributed by atoms with van der Waals surface area (Å²) < 4.78 is 11.0. The molecule has 138 valence electrons. The van der Waals surface area contributed by atoms with Crippen LogP contribution in [0.1, 0.15) is 24.1 Å². The molecule has 0 saturated carbocycles. The van der Waals surface area contributed by atoms with Gasteiger partial charge in [0, 0.05) is 19.6 Å². The minimum absolute atomic E-state index is 0.00389. The van der Waals surface area contributed by atoms with Gasteiger partial charge in [0.2, 0.25) is 0 Å². The molecule has 0 aromatic heterocycles. The van der Waals surface area contributed by atoms with Gasteiger partial charge in [-0.25, -0.2) is 0 Å². The fourth-order valence-electron chi connectivity index (χ4n) is 3.24. The SMILES string of the molecule is CCc1ccc(C2CNCCN2C(=O)COc2ccccc2OC)cc1. The summed E-state index contributed by atoms with van der Waals surface area (Å²) in [5.41, 5.74) is 2.45. The van der Waals surface area contributed by atoms with Gasteiger partial charge >= 0.3 is 0 Å². The Bertz CT molecular complexity index is 730. The molecule has 0 radical (unpaired) electrons. The van der Waals surface area contributed by atoms with Crippen LogP contribution in [0, 0.1) is 0 Å². The van der Waals surface area contributed by atoms with E-state index in [0.717, 1.165) is 25.1 Å². The maximum atomic E-state index is 12.8. The molecule has 1 heterocycles. The van der Waals surface area contributed by atoms with Crippen LogP contribution in [-0.4, -0.2) is 44.2 Å². The maximum absolute atomic E-state index is 12.8. The van der Waals surface area contributed by atoms with Gasteiger partial charge in [-0.05, 0) is 29.7 Å². The molecule has 0 bridgehead atoms. The lowest BCUT2D eigenvalue weighted by Gasteiger charge is -2.36. The Morgan fingerprint density at radius 3 is 2.58 bits per heavy atom. The van der Waals surface area contributed by atoms with Crippen molar-refractivity contribution < 1.29 is 14.3 Å². The third-order valence-corrected chi connectivity index (χ3v) is 4.76. The Kier molecular flexibility index (Phi) is 6.12. The van der Waals surface area contributed by atoms with Crippen LogP contribution in [-0.2, 0) is 11.2 Å². The van der Waals surface area contributed by atoms with Crippen LogP contribution < -0.4 is 14.8 Å². The minimum atomic E-state index is -0.0121. The van der Waals surface area contributed by atoms with E-state index in [0.29, 0.717) is 18.0 Å². The van der Waals surface area contributed by atoms with Crippen molar-refractivity contribution in [1.29, 1.82) is 0 Å².